The summed E-state index contributed by atoms with van der Waals surface area (Å²) in [6.45, 7) is 3.89. The molecule has 39 heavy (non-hydrogen) atoms. The van der Waals surface area contributed by atoms with Crippen molar-refractivity contribution in [3.63, 3.8) is 0 Å². The van der Waals surface area contributed by atoms with Crippen molar-refractivity contribution >= 4 is 87.1 Å². The molecule has 0 bridgehead atoms. The van der Waals surface area contributed by atoms with Crippen LogP contribution in [0.15, 0.2) is 77.7 Å². The van der Waals surface area contributed by atoms with Crippen LogP contribution in [0, 0.1) is 0 Å². The van der Waals surface area contributed by atoms with Crippen LogP contribution < -0.4 is 19.5 Å². The molecule has 10 heteroatoms. The van der Waals surface area contributed by atoms with Gasteiger partial charge in [-0.2, -0.15) is 0 Å². The average molecular weight is 785 g/mol. The molecule has 0 saturated heterocycles. The number of halogens is 4. The van der Waals surface area contributed by atoms with E-state index in [0.717, 1.165) is 10.0 Å². The number of carbonyl (C=O) groups is 2. The third-order valence-corrected chi connectivity index (χ3v) is 8.17. The SMILES string of the molecule is COc1ccc(/C=C2\NC(=O)C(C(=O)c3cc(Br)c(OC)c(Br)c3)=C2c2ccc(OC(C)C)c(Br)c2)cc1Br. The Bertz CT molecular complexity index is 1520. The van der Waals surface area contributed by atoms with Gasteiger partial charge in [0.2, 0.25) is 0 Å². The van der Waals surface area contributed by atoms with Gasteiger partial charge in [0.15, 0.2) is 5.78 Å². The molecule has 0 aromatic heterocycles. The van der Waals surface area contributed by atoms with Crippen molar-refractivity contribution < 1.29 is 23.8 Å². The molecule has 0 radical (unpaired) electrons. The van der Waals surface area contributed by atoms with Crippen molar-refractivity contribution in [1.29, 1.82) is 0 Å². The first kappa shape index (κ1) is 29.6. The summed E-state index contributed by atoms with van der Waals surface area (Å²) in [6.07, 6.45) is 1.80. The standard InChI is InChI=1S/C29H23Br4NO5/c1-14(2)39-24-8-6-16(11-19(24)31)25-22(10-15-5-7-23(37-3)18(30)9-15)34-29(36)26(25)27(35)17-12-20(32)28(38-4)21(33)13-17/h5-14H,1-4H3,(H,34,36)/b22-10-. The van der Waals surface area contributed by atoms with Crippen LogP contribution in [-0.2, 0) is 4.79 Å². The van der Waals surface area contributed by atoms with E-state index in [1.165, 1.54) is 7.11 Å². The summed E-state index contributed by atoms with van der Waals surface area (Å²) >= 11 is 14.0. The van der Waals surface area contributed by atoms with Crippen molar-refractivity contribution in [2.45, 2.75) is 20.0 Å². The predicted octanol–water partition coefficient (Wildman–Crippen LogP) is 8.35. The number of ketones is 1. The molecule has 4 rings (SSSR count). The molecule has 0 saturated carbocycles. The number of hydrogen-bond donors (Lipinski definition) is 1. The van der Waals surface area contributed by atoms with E-state index in [0.29, 0.717) is 53.1 Å². The minimum atomic E-state index is -0.490. The molecule has 1 heterocycles. The van der Waals surface area contributed by atoms with Crippen LogP contribution in [0.4, 0.5) is 0 Å². The number of Topliss-reactive ketones (excluding diaryl/α,β-unsaturated/α-hetero) is 1. The molecule has 1 aliphatic rings. The molecule has 3 aromatic carbocycles. The maximum atomic E-state index is 13.9. The van der Waals surface area contributed by atoms with E-state index in [-0.39, 0.29) is 11.7 Å². The molecule has 1 amide bonds. The Balaban J connectivity index is 1.91. The summed E-state index contributed by atoms with van der Waals surface area (Å²) in [5, 5.41) is 2.90. The number of rotatable bonds is 8. The van der Waals surface area contributed by atoms with Crippen molar-refractivity contribution in [3.8, 4) is 17.2 Å². The summed E-state index contributed by atoms with van der Waals surface area (Å²) in [6, 6.07) is 14.4. The van der Waals surface area contributed by atoms with E-state index in [9.17, 15) is 9.59 Å². The molecule has 0 aliphatic carbocycles. The van der Waals surface area contributed by atoms with Crippen LogP contribution in [0.3, 0.4) is 0 Å². The molecule has 0 atom stereocenters. The Labute approximate surface area is 260 Å². The zero-order chi connectivity index (χ0) is 28.4. The van der Waals surface area contributed by atoms with Gasteiger partial charge < -0.3 is 19.5 Å². The highest BCUT2D eigenvalue weighted by Gasteiger charge is 2.34. The van der Waals surface area contributed by atoms with Crippen LogP contribution in [0.1, 0.15) is 35.3 Å². The summed E-state index contributed by atoms with van der Waals surface area (Å²) in [7, 11) is 3.13. The van der Waals surface area contributed by atoms with Gasteiger partial charge in [-0.3, -0.25) is 9.59 Å². The molecule has 1 aliphatic heterocycles. The van der Waals surface area contributed by atoms with Gasteiger partial charge in [-0.1, -0.05) is 12.1 Å². The van der Waals surface area contributed by atoms with Crippen LogP contribution in [0.5, 0.6) is 17.2 Å². The maximum Gasteiger partial charge on any atom is 0.260 e. The second-order valence-corrected chi connectivity index (χ2v) is 12.2. The van der Waals surface area contributed by atoms with Crippen molar-refractivity contribution in [2.75, 3.05) is 14.2 Å². The van der Waals surface area contributed by atoms with Gasteiger partial charge in [0.1, 0.15) is 17.2 Å². The average Bonchev–Trinajstić information content (AvgIpc) is 3.19. The number of amides is 1. The van der Waals surface area contributed by atoms with Gasteiger partial charge in [0.25, 0.3) is 5.91 Å². The fourth-order valence-electron chi connectivity index (χ4n) is 4.10. The third kappa shape index (κ3) is 6.34. The summed E-state index contributed by atoms with van der Waals surface area (Å²) < 4.78 is 19.2. The van der Waals surface area contributed by atoms with Gasteiger partial charge in [-0.05, 0) is 131 Å². The smallest absolute Gasteiger partial charge is 0.260 e. The Morgan fingerprint density at radius 1 is 0.846 bits per heavy atom. The van der Waals surface area contributed by atoms with E-state index in [2.05, 4.69) is 69.0 Å². The number of benzene rings is 3. The highest BCUT2D eigenvalue weighted by Crippen LogP contribution is 2.40. The van der Waals surface area contributed by atoms with Gasteiger partial charge in [0.05, 0.1) is 49.5 Å². The number of methoxy groups -OCH3 is 2. The van der Waals surface area contributed by atoms with Crippen molar-refractivity contribution in [2.24, 2.45) is 0 Å². The summed E-state index contributed by atoms with van der Waals surface area (Å²) in [5.41, 5.74) is 2.81. The predicted molar refractivity (Wildman–Crippen MR) is 166 cm³/mol. The molecule has 0 unspecified atom stereocenters. The lowest BCUT2D eigenvalue weighted by Crippen LogP contribution is -2.20. The Kier molecular flexibility index (Phi) is 9.41. The first-order valence-corrected chi connectivity index (χ1v) is 14.9. The highest BCUT2D eigenvalue weighted by molar-refractivity contribution is 9.11. The van der Waals surface area contributed by atoms with Gasteiger partial charge in [0, 0.05) is 11.1 Å². The van der Waals surface area contributed by atoms with Crippen LogP contribution in [0.2, 0.25) is 0 Å². The second kappa shape index (κ2) is 12.4. The molecular weight excluding hydrogens is 762 g/mol. The molecule has 1 N–H and O–H groups in total. The molecular formula is C29H23Br4NO5. The number of nitrogens with one attached hydrogen (secondary N) is 1. The molecule has 6 nitrogen and oxygen atoms in total. The Morgan fingerprint density at radius 2 is 1.49 bits per heavy atom. The molecule has 0 fully saturated rings. The number of allylic oxidation sites excluding steroid dienone is 1. The van der Waals surface area contributed by atoms with Crippen molar-refractivity contribution in [1.82, 2.24) is 5.32 Å². The monoisotopic (exact) mass is 781 g/mol. The lowest BCUT2D eigenvalue weighted by Gasteiger charge is -2.14. The summed E-state index contributed by atoms with van der Waals surface area (Å²) in [5.74, 6) is 0.971. The zero-order valence-corrected chi connectivity index (χ0v) is 27.7. The molecule has 202 valence electrons. The normalized spacial score (nSPS) is 14.2. The number of carbonyl (C=O) groups excluding carboxylic acids is 2. The number of hydrogen-bond acceptors (Lipinski definition) is 5. The zero-order valence-electron chi connectivity index (χ0n) is 21.3. The van der Waals surface area contributed by atoms with Crippen molar-refractivity contribution in [3.05, 3.63) is 94.4 Å². The van der Waals surface area contributed by atoms with E-state index in [4.69, 9.17) is 14.2 Å². The first-order valence-electron chi connectivity index (χ1n) is 11.7. The van der Waals surface area contributed by atoms with E-state index in [1.807, 2.05) is 56.3 Å². The lowest BCUT2D eigenvalue weighted by molar-refractivity contribution is -0.115. The van der Waals surface area contributed by atoms with E-state index in [1.54, 1.807) is 19.2 Å². The Morgan fingerprint density at radius 3 is 2.05 bits per heavy atom. The van der Waals surface area contributed by atoms with Gasteiger partial charge in [-0.15, -0.1) is 0 Å². The van der Waals surface area contributed by atoms with Crippen LogP contribution >= 0.6 is 63.7 Å². The fourth-order valence-corrected chi connectivity index (χ4v) is 6.64. The van der Waals surface area contributed by atoms with E-state index < -0.39 is 11.7 Å². The minimum Gasteiger partial charge on any atom is -0.496 e. The molecule has 0 spiro atoms. The van der Waals surface area contributed by atoms with Gasteiger partial charge >= 0.3 is 0 Å². The van der Waals surface area contributed by atoms with Crippen LogP contribution in [-0.4, -0.2) is 32.0 Å². The third-order valence-electron chi connectivity index (χ3n) is 5.76. The van der Waals surface area contributed by atoms with Crippen LogP contribution in [0.25, 0.3) is 11.6 Å². The lowest BCUT2D eigenvalue weighted by atomic mass is 9.93. The van der Waals surface area contributed by atoms with E-state index >= 15 is 0 Å². The topological polar surface area (TPSA) is 73.9 Å². The number of ether oxygens (including phenoxy) is 3. The molecule has 3 aromatic rings. The maximum absolute atomic E-state index is 13.9. The van der Waals surface area contributed by atoms with Gasteiger partial charge in [-0.25, -0.2) is 0 Å². The minimum absolute atomic E-state index is 0.0193. The quantitative estimate of drug-likeness (QED) is 0.184. The second-order valence-electron chi connectivity index (χ2n) is 8.77. The fraction of sp³-hybridized carbons (Fsp3) is 0.172. The summed E-state index contributed by atoms with van der Waals surface area (Å²) in [4.78, 5) is 27.3. The Hall–Kier alpha value is -2.40. The highest BCUT2D eigenvalue weighted by atomic mass is 79.9. The first-order chi connectivity index (χ1) is 18.5. The largest absolute Gasteiger partial charge is 0.496 e.